The van der Waals surface area contributed by atoms with E-state index in [1.807, 2.05) is 0 Å². The predicted octanol–water partition coefficient (Wildman–Crippen LogP) is 0.393. The van der Waals surface area contributed by atoms with Gasteiger partial charge in [0.15, 0.2) is 0 Å². The van der Waals surface area contributed by atoms with Crippen molar-refractivity contribution in [1.29, 1.82) is 0 Å². The van der Waals surface area contributed by atoms with E-state index >= 15 is 0 Å². The molecule has 2 fully saturated rings. The summed E-state index contributed by atoms with van der Waals surface area (Å²) in [6.07, 6.45) is 1.24. The van der Waals surface area contributed by atoms with Gasteiger partial charge in [-0.15, -0.1) is 0 Å². The summed E-state index contributed by atoms with van der Waals surface area (Å²) in [6, 6.07) is 0.575. The van der Waals surface area contributed by atoms with Crippen molar-refractivity contribution in [1.82, 2.24) is 9.80 Å². The molecule has 0 amide bonds. The Morgan fingerprint density at radius 1 is 1.29 bits per heavy atom. The van der Waals surface area contributed by atoms with Crippen LogP contribution in [0.2, 0.25) is 0 Å². The number of aliphatic hydroxyl groups excluding tert-OH is 1. The molecule has 0 bridgehead atoms. The maximum absolute atomic E-state index is 9.91. The second-order valence-corrected chi connectivity index (χ2v) is 5.03. The summed E-state index contributed by atoms with van der Waals surface area (Å²) in [7, 11) is 0. The standard InChI is InChI=1S/C11H22N2O/c1-9(2)13-7-10(11(14)8-13)6-12-4-3-5-12/h9-11,14H,3-8H2,1-2H3. The minimum atomic E-state index is -0.0991. The lowest BCUT2D eigenvalue weighted by Gasteiger charge is -2.33. The fourth-order valence-corrected chi connectivity index (χ4v) is 2.38. The van der Waals surface area contributed by atoms with Gasteiger partial charge in [-0.25, -0.2) is 0 Å². The summed E-state index contributed by atoms with van der Waals surface area (Å²) in [5.41, 5.74) is 0. The molecule has 2 heterocycles. The first-order valence-corrected chi connectivity index (χ1v) is 5.81. The van der Waals surface area contributed by atoms with Gasteiger partial charge in [0, 0.05) is 31.6 Å². The highest BCUT2D eigenvalue weighted by molar-refractivity contribution is 4.88. The molecule has 1 N–H and O–H groups in total. The molecule has 0 saturated carbocycles. The SMILES string of the molecule is CC(C)N1CC(O)C(CN2CCC2)C1. The van der Waals surface area contributed by atoms with Crippen LogP contribution >= 0.6 is 0 Å². The van der Waals surface area contributed by atoms with Crippen LogP contribution in [0.1, 0.15) is 20.3 Å². The topological polar surface area (TPSA) is 26.7 Å². The smallest absolute Gasteiger partial charge is 0.0719 e. The van der Waals surface area contributed by atoms with E-state index in [-0.39, 0.29) is 6.10 Å². The van der Waals surface area contributed by atoms with E-state index in [0.29, 0.717) is 12.0 Å². The third-order valence-electron chi connectivity index (χ3n) is 3.61. The largest absolute Gasteiger partial charge is 0.391 e. The fraction of sp³-hybridized carbons (Fsp3) is 1.00. The van der Waals surface area contributed by atoms with Crippen LogP contribution in [0.25, 0.3) is 0 Å². The Morgan fingerprint density at radius 3 is 2.43 bits per heavy atom. The fourth-order valence-electron chi connectivity index (χ4n) is 2.38. The molecular weight excluding hydrogens is 176 g/mol. The van der Waals surface area contributed by atoms with Crippen molar-refractivity contribution in [2.45, 2.75) is 32.4 Å². The molecule has 2 unspecified atom stereocenters. The van der Waals surface area contributed by atoms with Gasteiger partial charge in [-0.05, 0) is 33.4 Å². The molecule has 3 heteroatoms. The van der Waals surface area contributed by atoms with Crippen molar-refractivity contribution >= 4 is 0 Å². The van der Waals surface area contributed by atoms with Crippen LogP contribution in [0, 0.1) is 5.92 Å². The van der Waals surface area contributed by atoms with Crippen LogP contribution in [0.5, 0.6) is 0 Å². The molecule has 0 spiro atoms. The number of hydrogen-bond acceptors (Lipinski definition) is 3. The lowest BCUT2D eigenvalue weighted by atomic mass is 10.0. The van der Waals surface area contributed by atoms with Crippen LogP contribution in [0.15, 0.2) is 0 Å². The van der Waals surface area contributed by atoms with Gasteiger partial charge in [0.2, 0.25) is 0 Å². The second-order valence-electron chi connectivity index (χ2n) is 5.03. The lowest BCUT2D eigenvalue weighted by Crippen LogP contribution is -2.43. The Bertz CT molecular complexity index is 192. The first kappa shape index (κ1) is 10.4. The average molecular weight is 198 g/mol. The van der Waals surface area contributed by atoms with Crippen molar-refractivity contribution in [3.8, 4) is 0 Å². The average Bonchev–Trinajstić information content (AvgIpc) is 2.40. The minimum Gasteiger partial charge on any atom is -0.391 e. The highest BCUT2D eigenvalue weighted by Crippen LogP contribution is 2.21. The maximum atomic E-state index is 9.91. The molecule has 3 nitrogen and oxygen atoms in total. The normalized spacial score (nSPS) is 35.1. The molecule has 14 heavy (non-hydrogen) atoms. The van der Waals surface area contributed by atoms with E-state index in [1.165, 1.54) is 19.5 Å². The van der Waals surface area contributed by atoms with Gasteiger partial charge in [0.05, 0.1) is 6.10 Å². The quantitative estimate of drug-likeness (QED) is 0.711. The summed E-state index contributed by atoms with van der Waals surface area (Å²) in [4.78, 5) is 4.84. The first-order chi connectivity index (χ1) is 6.66. The third-order valence-corrected chi connectivity index (χ3v) is 3.61. The summed E-state index contributed by atoms with van der Waals surface area (Å²) in [5.74, 6) is 0.484. The van der Waals surface area contributed by atoms with Crippen LogP contribution in [-0.2, 0) is 0 Å². The Hall–Kier alpha value is -0.120. The van der Waals surface area contributed by atoms with Crippen molar-refractivity contribution in [2.75, 3.05) is 32.7 Å². The van der Waals surface area contributed by atoms with Crippen LogP contribution in [0.4, 0.5) is 0 Å². The molecule has 0 aromatic carbocycles. The van der Waals surface area contributed by atoms with E-state index < -0.39 is 0 Å². The van der Waals surface area contributed by atoms with Crippen molar-refractivity contribution in [2.24, 2.45) is 5.92 Å². The van der Waals surface area contributed by atoms with Gasteiger partial charge in [0.25, 0.3) is 0 Å². The van der Waals surface area contributed by atoms with Gasteiger partial charge in [-0.2, -0.15) is 0 Å². The molecular formula is C11H22N2O. The van der Waals surface area contributed by atoms with E-state index in [2.05, 4.69) is 23.6 Å². The zero-order chi connectivity index (χ0) is 10.1. The van der Waals surface area contributed by atoms with E-state index in [9.17, 15) is 5.11 Å². The predicted molar refractivity (Wildman–Crippen MR) is 57.3 cm³/mol. The molecule has 0 aromatic heterocycles. The summed E-state index contributed by atoms with van der Waals surface area (Å²) >= 11 is 0. The Labute approximate surface area is 86.7 Å². The zero-order valence-corrected chi connectivity index (χ0v) is 9.32. The van der Waals surface area contributed by atoms with Crippen molar-refractivity contribution < 1.29 is 5.11 Å². The molecule has 0 aliphatic carbocycles. The number of nitrogens with zero attached hydrogens (tertiary/aromatic N) is 2. The lowest BCUT2D eigenvalue weighted by molar-refractivity contribution is 0.0889. The number of hydrogen-bond donors (Lipinski definition) is 1. The van der Waals surface area contributed by atoms with Crippen molar-refractivity contribution in [3.05, 3.63) is 0 Å². The summed E-state index contributed by atoms with van der Waals surface area (Å²) < 4.78 is 0. The summed E-state index contributed by atoms with van der Waals surface area (Å²) in [6.45, 7) is 9.95. The third kappa shape index (κ3) is 2.10. The first-order valence-electron chi connectivity index (χ1n) is 5.81. The van der Waals surface area contributed by atoms with Gasteiger partial charge in [0.1, 0.15) is 0 Å². The van der Waals surface area contributed by atoms with Gasteiger partial charge < -0.3 is 10.0 Å². The number of aliphatic hydroxyl groups is 1. The molecule has 82 valence electrons. The second kappa shape index (κ2) is 4.17. The molecule has 0 radical (unpaired) electrons. The van der Waals surface area contributed by atoms with Gasteiger partial charge >= 0.3 is 0 Å². The number of rotatable bonds is 3. The Morgan fingerprint density at radius 2 is 2.00 bits per heavy atom. The molecule has 2 rings (SSSR count). The number of β-amino-alcohol motifs (C(OH)–C–C–N with tert-alkyl or cyclic N) is 1. The number of likely N-dealkylation sites (tertiary alicyclic amines) is 2. The Kier molecular flexibility index (Phi) is 3.10. The van der Waals surface area contributed by atoms with E-state index in [4.69, 9.17) is 0 Å². The molecule has 2 atom stereocenters. The van der Waals surface area contributed by atoms with Gasteiger partial charge in [-0.1, -0.05) is 0 Å². The maximum Gasteiger partial charge on any atom is 0.0719 e. The van der Waals surface area contributed by atoms with Crippen LogP contribution in [-0.4, -0.2) is 59.8 Å². The van der Waals surface area contributed by atoms with E-state index in [1.54, 1.807) is 0 Å². The van der Waals surface area contributed by atoms with Crippen molar-refractivity contribution in [3.63, 3.8) is 0 Å². The van der Waals surface area contributed by atoms with Crippen LogP contribution in [0.3, 0.4) is 0 Å². The van der Waals surface area contributed by atoms with E-state index in [0.717, 1.165) is 19.6 Å². The monoisotopic (exact) mass is 198 g/mol. The highest BCUT2D eigenvalue weighted by atomic mass is 16.3. The zero-order valence-electron chi connectivity index (χ0n) is 9.32. The molecule has 2 aliphatic rings. The van der Waals surface area contributed by atoms with Crippen LogP contribution < -0.4 is 0 Å². The van der Waals surface area contributed by atoms with Gasteiger partial charge in [-0.3, -0.25) is 4.90 Å². The molecule has 2 saturated heterocycles. The highest BCUT2D eigenvalue weighted by Gasteiger charge is 2.34. The molecule has 2 aliphatic heterocycles. The molecule has 0 aromatic rings. The minimum absolute atomic E-state index is 0.0991. The summed E-state index contributed by atoms with van der Waals surface area (Å²) in [5, 5.41) is 9.91. The Balaban J connectivity index is 1.81.